The number of nitrogens with one attached hydrogen (secondary N) is 1. The summed E-state index contributed by atoms with van der Waals surface area (Å²) in [5.41, 5.74) is 2.90. The standard InChI is InChI=1S/C16H18N2O/c1-12(2)16(19)14-5-7-15(8-6-14)18-11-13-4-3-9-17-10-13/h3-10,12,18H,11H2,1-2H3. The number of anilines is 1. The van der Waals surface area contributed by atoms with E-state index in [0.717, 1.165) is 23.4 Å². The van der Waals surface area contributed by atoms with Crippen LogP contribution in [0, 0.1) is 5.92 Å². The highest BCUT2D eigenvalue weighted by Crippen LogP contribution is 2.14. The Morgan fingerprint density at radius 1 is 1.21 bits per heavy atom. The van der Waals surface area contributed by atoms with Gasteiger partial charge in [0.15, 0.2) is 5.78 Å². The zero-order valence-corrected chi connectivity index (χ0v) is 11.3. The van der Waals surface area contributed by atoms with E-state index in [4.69, 9.17) is 0 Å². The molecule has 0 radical (unpaired) electrons. The van der Waals surface area contributed by atoms with Crippen molar-refractivity contribution in [1.82, 2.24) is 4.98 Å². The molecule has 1 aromatic carbocycles. The van der Waals surface area contributed by atoms with Crippen LogP contribution in [0.15, 0.2) is 48.8 Å². The Hall–Kier alpha value is -2.16. The molecule has 0 aliphatic heterocycles. The SMILES string of the molecule is CC(C)C(=O)c1ccc(NCc2cccnc2)cc1. The molecule has 1 heterocycles. The van der Waals surface area contributed by atoms with Gasteiger partial charge < -0.3 is 5.32 Å². The second-order valence-electron chi connectivity index (χ2n) is 4.81. The summed E-state index contributed by atoms with van der Waals surface area (Å²) in [6.45, 7) is 4.55. The van der Waals surface area contributed by atoms with Crippen molar-refractivity contribution < 1.29 is 4.79 Å². The smallest absolute Gasteiger partial charge is 0.165 e. The predicted octanol–water partition coefficient (Wildman–Crippen LogP) is 3.53. The fourth-order valence-corrected chi connectivity index (χ4v) is 1.79. The molecule has 1 aromatic heterocycles. The van der Waals surface area contributed by atoms with Crippen LogP contribution in [-0.4, -0.2) is 10.8 Å². The predicted molar refractivity (Wildman–Crippen MR) is 77.2 cm³/mol. The van der Waals surface area contributed by atoms with Gasteiger partial charge in [0.2, 0.25) is 0 Å². The molecule has 0 atom stereocenters. The maximum absolute atomic E-state index is 11.8. The van der Waals surface area contributed by atoms with Crippen LogP contribution in [0.2, 0.25) is 0 Å². The summed E-state index contributed by atoms with van der Waals surface area (Å²) in [5, 5.41) is 3.31. The molecule has 0 bridgehead atoms. The van der Waals surface area contributed by atoms with Gasteiger partial charge in [-0.2, -0.15) is 0 Å². The topological polar surface area (TPSA) is 42.0 Å². The lowest BCUT2D eigenvalue weighted by molar-refractivity contribution is 0.0939. The van der Waals surface area contributed by atoms with Crippen LogP contribution in [0.25, 0.3) is 0 Å². The molecule has 0 fully saturated rings. The van der Waals surface area contributed by atoms with Crippen LogP contribution in [0.5, 0.6) is 0 Å². The zero-order chi connectivity index (χ0) is 13.7. The van der Waals surface area contributed by atoms with Gasteiger partial charge in [0.05, 0.1) is 0 Å². The van der Waals surface area contributed by atoms with Crippen molar-refractivity contribution in [3.8, 4) is 0 Å². The van der Waals surface area contributed by atoms with Gasteiger partial charge in [-0.1, -0.05) is 19.9 Å². The van der Waals surface area contributed by atoms with E-state index in [-0.39, 0.29) is 11.7 Å². The molecular weight excluding hydrogens is 236 g/mol. The summed E-state index contributed by atoms with van der Waals surface area (Å²) in [5.74, 6) is 0.216. The molecule has 98 valence electrons. The normalized spacial score (nSPS) is 10.5. The Morgan fingerprint density at radius 2 is 1.95 bits per heavy atom. The molecule has 0 saturated carbocycles. The van der Waals surface area contributed by atoms with Crippen molar-refractivity contribution >= 4 is 11.5 Å². The summed E-state index contributed by atoms with van der Waals surface area (Å²) in [6.07, 6.45) is 3.60. The van der Waals surface area contributed by atoms with Crippen molar-refractivity contribution in [1.29, 1.82) is 0 Å². The number of pyridine rings is 1. The number of hydrogen-bond acceptors (Lipinski definition) is 3. The van der Waals surface area contributed by atoms with Gasteiger partial charge in [-0.15, -0.1) is 0 Å². The monoisotopic (exact) mass is 254 g/mol. The van der Waals surface area contributed by atoms with Crippen LogP contribution in [0.1, 0.15) is 29.8 Å². The molecule has 1 N–H and O–H groups in total. The first-order chi connectivity index (χ1) is 9.16. The van der Waals surface area contributed by atoms with E-state index >= 15 is 0 Å². The number of nitrogens with zero attached hydrogens (tertiary/aromatic N) is 1. The van der Waals surface area contributed by atoms with E-state index in [0.29, 0.717) is 0 Å². The van der Waals surface area contributed by atoms with Gasteiger partial charge in [0, 0.05) is 36.1 Å². The minimum Gasteiger partial charge on any atom is -0.381 e. The van der Waals surface area contributed by atoms with Gasteiger partial charge in [-0.25, -0.2) is 0 Å². The third-order valence-electron chi connectivity index (χ3n) is 2.91. The number of carbonyl (C=O) groups excluding carboxylic acids is 1. The number of rotatable bonds is 5. The van der Waals surface area contributed by atoms with E-state index in [2.05, 4.69) is 10.3 Å². The summed E-state index contributed by atoms with van der Waals surface area (Å²) < 4.78 is 0. The zero-order valence-electron chi connectivity index (χ0n) is 11.3. The molecule has 0 aliphatic rings. The largest absolute Gasteiger partial charge is 0.381 e. The average molecular weight is 254 g/mol. The van der Waals surface area contributed by atoms with E-state index < -0.39 is 0 Å². The van der Waals surface area contributed by atoms with E-state index in [1.165, 1.54) is 0 Å². The highest BCUT2D eigenvalue weighted by atomic mass is 16.1. The van der Waals surface area contributed by atoms with Gasteiger partial charge in [0.25, 0.3) is 0 Å². The number of hydrogen-bond donors (Lipinski definition) is 1. The van der Waals surface area contributed by atoms with Crippen LogP contribution in [0.3, 0.4) is 0 Å². The minimum atomic E-state index is 0.0363. The summed E-state index contributed by atoms with van der Waals surface area (Å²) >= 11 is 0. The maximum Gasteiger partial charge on any atom is 0.165 e. The minimum absolute atomic E-state index is 0.0363. The average Bonchev–Trinajstić information content (AvgIpc) is 2.46. The maximum atomic E-state index is 11.8. The lowest BCUT2D eigenvalue weighted by Crippen LogP contribution is -2.07. The number of ketones is 1. The second-order valence-corrected chi connectivity index (χ2v) is 4.81. The summed E-state index contributed by atoms with van der Waals surface area (Å²) in [6, 6.07) is 11.6. The van der Waals surface area contributed by atoms with Crippen molar-refractivity contribution in [2.24, 2.45) is 5.92 Å². The Kier molecular flexibility index (Phi) is 4.29. The second kappa shape index (κ2) is 6.14. The van der Waals surface area contributed by atoms with Crippen molar-refractivity contribution in [3.63, 3.8) is 0 Å². The molecule has 2 rings (SSSR count). The number of benzene rings is 1. The molecule has 0 unspecified atom stereocenters. The van der Waals surface area contributed by atoms with Crippen molar-refractivity contribution in [2.75, 3.05) is 5.32 Å². The molecule has 0 amide bonds. The first kappa shape index (κ1) is 13.3. The lowest BCUT2D eigenvalue weighted by atomic mass is 10.0. The quantitative estimate of drug-likeness (QED) is 0.830. The van der Waals surface area contributed by atoms with E-state index in [1.54, 1.807) is 6.20 Å². The summed E-state index contributed by atoms with van der Waals surface area (Å²) in [4.78, 5) is 15.9. The Balaban J connectivity index is 1.98. The van der Waals surface area contributed by atoms with Crippen molar-refractivity contribution in [3.05, 3.63) is 59.9 Å². The number of carbonyl (C=O) groups is 1. The highest BCUT2D eigenvalue weighted by Gasteiger charge is 2.09. The van der Waals surface area contributed by atoms with E-state index in [1.807, 2.05) is 56.4 Å². The Labute approximate surface area is 113 Å². The van der Waals surface area contributed by atoms with Gasteiger partial charge in [0.1, 0.15) is 0 Å². The molecular formula is C16H18N2O. The van der Waals surface area contributed by atoms with Gasteiger partial charge in [-0.3, -0.25) is 9.78 Å². The van der Waals surface area contributed by atoms with Crippen LogP contribution in [-0.2, 0) is 6.54 Å². The third-order valence-corrected chi connectivity index (χ3v) is 2.91. The summed E-state index contributed by atoms with van der Waals surface area (Å²) in [7, 11) is 0. The Bertz CT molecular complexity index is 532. The fraction of sp³-hybridized carbons (Fsp3) is 0.250. The van der Waals surface area contributed by atoms with Crippen molar-refractivity contribution in [2.45, 2.75) is 20.4 Å². The lowest BCUT2D eigenvalue weighted by Gasteiger charge is -2.08. The fourth-order valence-electron chi connectivity index (χ4n) is 1.79. The molecule has 0 aliphatic carbocycles. The first-order valence-corrected chi connectivity index (χ1v) is 6.44. The molecule has 0 saturated heterocycles. The van der Waals surface area contributed by atoms with E-state index in [9.17, 15) is 4.79 Å². The van der Waals surface area contributed by atoms with Crippen LogP contribution < -0.4 is 5.32 Å². The third kappa shape index (κ3) is 3.65. The first-order valence-electron chi connectivity index (χ1n) is 6.44. The molecule has 3 nitrogen and oxygen atoms in total. The molecule has 19 heavy (non-hydrogen) atoms. The number of Topliss-reactive ketones (excluding diaryl/α,β-unsaturated/α-hetero) is 1. The Morgan fingerprint density at radius 3 is 2.53 bits per heavy atom. The van der Waals surface area contributed by atoms with Crippen LogP contribution >= 0.6 is 0 Å². The number of aromatic nitrogens is 1. The van der Waals surface area contributed by atoms with Gasteiger partial charge >= 0.3 is 0 Å². The van der Waals surface area contributed by atoms with Crippen LogP contribution in [0.4, 0.5) is 5.69 Å². The molecule has 3 heteroatoms. The van der Waals surface area contributed by atoms with Gasteiger partial charge in [-0.05, 0) is 35.9 Å². The molecule has 2 aromatic rings. The highest BCUT2D eigenvalue weighted by molar-refractivity contribution is 5.97. The molecule has 0 spiro atoms.